The van der Waals surface area contributed by atoms with Crippen molar-refractivity contribution in [1.82, 2.24) is 10.6 Å². The summed E-state index contributed by atoms with van der Waals surface area (Å²) >= 11 is 0. The monoisotopic (exact) mass is 301 g/mol. The van der Waals surface area contributed by atoms with Gasteiger partial charge in [0.15, 0.2) is 5.96 Å². The molecule has 3 rings (SSSR count). The predicted molar refractivity (Wildman–Crippen MR) is 93.9 cm³/mol. The van der Waals surface area contributed by atoms with Gasteiger partial charge in [-0.1, -0.05) is 50.7 Å². The minimum absolute atomic E-state index is 0.514. The van der Waals surface area contributed by atoms with Crippen molar-refractivity contribution in [2.24, 2.45) is 4.99 Å². The van der Waals surface area contributed by atoms with Crippen LogP contribution in [0.2, 0.25) is 0 Å². The third-order valence-corrected chi connectivity index (χ3v) is 5.09. The molecule has 0 saturated heterocycles. The highest BCUT2D eigenvalue weighted by molar-refractivity contribution is 5.82. The van der Waals surface area contributed by atoms with Crippen molar-refractivity contribution >= 4 is 5.96 Å². The lowest BCUT2D eigenvalue weighted by Gasteiger charge is -2.27. The first-order valence-electron chi connectivity index (χ1n) is 9.38. The van der Waals surface area contributed by atoms with Crippen LogP contribution in [0.4, 0.5) is 0 Å². The van der Waals surface area contributed by atoms with Gasteiger partial charge >= 0.3 is 0 Å². The lowest BCUT2D eigenvalue weighted by molar-refractivity contribution is 0.405. The summed E-state index contributed by atoms with van der Waals surface area (Å²) in [5.74, 6) is 1.02. The van der Waals surface area contributed by atoms with E-state index in [-0.39, 0.29) is 0 Å². The summed E-state index contributed by atoms with van der Waals surface area (Å²) in [6.07, 6.45) is 22.3. The average molecular weight is 301 g/mol. The third kappa shape index (κ3) is 4.89. The molecule has 0 bridgehead atoms. The van der Waals surface area contributed by atoms with Crippen LogP contribution in [0.5, 0.6) is 0 Å². The number of hydrogen-bond acceptors (Lipinski definition) is 1. The van der Waals surface area contributed by atoms with Crippen molar-refractivity contribution in [2.75, 3.05) is 0 Å². The number of nitrogens with one attached hydrogen (secondary N) is 2. The second kappa shape index (κ2) is 8.40. The second-order valence-corrected chi connectivity index (χ2v) is 7.01. The fourth-order valence-corrected chi connectivity index (χ4v) is 3.78. The molecule has 0 aliphatic heterocycles. The van der Waals surface area contributed by atoms with Crippen LogP contribution < -0.4 is 10.6 Å². The number of allylic oxidation sites excluding steroid dienone is 3. The van der Waals surface area contributed by atoms with Gasteiger partial charge < -0.3 is 10.6 Å². The van der Waals surface area contributed by atoms with Crippen LogP contribution in [0.15, 0.2) is 28.9 Å². The molecule has 0 heterocycles. The van der Waals surface area contributed by atoms with E-state index < -0.39 is 0 Å². The van der Waals surface area contributed by atoms with Gasteiger partial charge in [0.1, 0.15) is 0 Å². The summed E-state index contributed by atoms with van der Waals surface area (Å²) in [6, 6.07) is 1.12. The van der Waals surface area contributed by atoms with Crippen LogP contribution in [0.25, 0.3) is 0 Å². The summed E-state index contributed by atoms with van der Waals surface area (Å²) in [7, 11) is 0. The smallest absolute Gasteiger partial charge is 0.196 e. The highest BCUT2D eigenvalue weighted by Crippen LogP contribution is 2.21. The van der Waals surface area contributed by atoms with E-state index in [0.29, 0.717) is 12.1 Å². The number of guanidine groups is 1. The Morgan fingerprint density at radius 2 is 1.64 bits per heavy atom. The van der Waals surface area contributed by atoms with Crippen molar-refractivity contribution in [2.45, 2.75) is 89.1 Å². The van der Waals surface area contributed by atoms with Crippen molar-refractivity contribution in [3.8, 4) is 0 Å². The maximum Gasteiger partial charge on any atom is 0.196 e. The molecular weight excluding hydrogens is 270 g/mol. The first-order valence-corrected chi connectivity index (χ1v) is 9.38. The quantitative estimate of drug-likeness (QED) is 0.598. The van der Waals surface area contributed by atoms with Crippen LogP contribution in [-0.2, 0) is 0 Å². The molecule has 3 heteroatoms. The first-order chi connectivity index (χ1) is 10.9. The van der Waals surface area contributed by atoms with E-state index in [0.717, 1.165) is 18.8 Å². The molecule has 0 aromatic rings. The minimum atomic E-state index is 0.514. The third-order valence-electron chi connectivity index (χ3n) is 5.09. The maximum atomic E-state index is 5.04. The zero-order valence-corrected chi connectivity index (χ0v) is 13.8. The predicted octanol–water partition coefficient (Wildman–Crippen LogP) is 4.42. The van der Waals surface area contributed by atoms with Crippen LogP contribution >= 0.6 is 0 Å². The Hall–Kier alpha value is -1.25. The van der Waals surface area contributed by atoms with E-state index in [2.05, 4.69) is 28.9 Å². The number of rotatable bonds is 3. The molecule has 0 spiro atoms. The molecule has 0 amide bonds. The Morgan fingerprint density at radius 1 is 0.909 bits per heavy atom. The van der Waals surface area contributed by atoms with Gasteiger partial charge in [-0.2, -0.15) is 0 Å². The molecule has 0 radical (unpaired) electrons. The molecule has 0 unspecified atom stereocenters. The zero-order chi connectivity index (χ0) is 15.0. The average Bonchev–Trinajstić information content (AvgIpc) is 2.57. The minimum Gasteiger partial charge on any atom is -0.353 e. The first kappa shape index (κ1) is 15.6. The van der Waals surface area contributed by atoms with Crippen molar-refractivity contribution < 1.29 is 0 Å². The van der Waals surface area contributed by atoms with Crippen LogP contribution in [0.3, 0.4) is 0 Å². The van der Waals surface area contributed by atoms with Gasteiger partial charge in [-0.25, -0.2) is 4.99 Å². The fourth-order valence-electron chi connectivity index (χ4n) is 3.78. The molecule has 22 heavy (non-hydrogen) atoms. The molecule has 2 N–H and O–H groups in total. The van der Waals surface area contributed by atoms with Gasteiger partial charge in [0, 0.05) is 11.7 Å². The van der Waals surface area contributed by atoms with Gasteiger partial charge in [-0.3, -0.25) is 0 Å². The molecule has 0 aromatic carbocycles. The summed E-state index contributed by atoms with van der Waals surface area (Å²) < 4.78 is 0. The largest absolute Gasteiger partial charge is 0.353 e. The van der Waals surface area contributed by atoms with Crippen LogP contribution in [-0.4, -0.2) is 18.0 Å². The summed E-state index contributed by atoms with van der Waals surface area (Å²) in [4.78, 5) is 5.04. The van der Waals surface area contributed by atoms with E-state index in [1.54, 1.807) is 0 Å². The lowest BCUT2D eigenvalue weighted by Crippen LogP contribution is -2.44. The highest BCUT2D eigenvalue weighted by Gasteiger charge is 2.18. The molecule has 3 aliphatic carbocycles. The standard InChI is InChI=1S/C19H31N3/c1-4-10-16(11-5-1)20-19(21-17-12-6-2-7-13-17)22-18-14-8-3-9-15-18/h4,10-11,17-18H,1-3,5-9,12-15H2,(H2,20,21,22). The normalized spacial score (nSPS) is 24.9. The van der Waals surface area contributed by atoms with E-state index >= 15 is 0 Å². The zero-order valence-electron chi connectivity index (χ0n) is 13.8. The van der Waals surface area contributed by atoms with Crippen LogP contribution in [0.1, 0.15) is 77.0 Å². The number of hydrogen-bond donors (Lipinski definition) is 2. The summed E-state index contributed by atoms with van der Waals surface area (Å²) in [5.41, 5.74) is 1.21. The SMILES string of the molecule is C1=CC(NC(=NC2CCCCC2)NC2CCCCC2)=CCC1. The van der Waals surface area contributed by atoms with Gasteiger partial charge in [-0.05, 0) is 44.6 Å². The van der Waals surface area contributed by atoms with Crippen molar-refractivity contribution in [3.05, 3.63) is 23.9 Å². The van der Waals surface area contributed by atoms with Gasteiger partial charge in [-0.15, -0.1) is 0 Å². The molecule has 2 saturated carbocycles. The topological polar surface area (TPSA) is 36.4 Å². The van der Waals surface area contributed by atoms with Gasteiger partial charge in [0.2, 0.25) is 0 Å². The van der Waals surface area contributed by atoms with E-state index in [4.69, 9.17) is 4.99 Å². The van der Waals surface area contributed by atoms with E-state index in [1.165, 1.54) is 69.9 Å². The van der Waals surface area contributed by atoms with Gasteiger partial charge in [0.25, 0.3) is 0 Å². The molecule has 0 atom stereocenters. The molecule has 3 aliphatic rings. The van der Waals surface area contributed by atoms with Crippen LogP contribution in [0, 0.1) is 0 Å². The number of nitrogens with zero attached hydrogens (tertiary/aromatic N) is 1. The Morgan fingerprint density at radius 3 is 2.32 bits per heavy atom. The Kier molecular flexibility index (Phi) is 5.97. The molecule has 3 nitrogen and oxygen atoms in total. The lowest BCUT2D eigenvalue weighted by atomic mass is 9.95. The van der Waals surface area contributed by atoms with Gasteiger partial charge in [0.05, 0.1) is 6.04 Å². The van der Waals surface area contributed by atoms with Crippen molar-refractivity contribution in [3.63, 3.8) is 0 Å². The van der Waals surface area contributed by atoms with E-state index in [9.17, 15) is 0 Å². The molecule has 122 valence electrons. The molecule has 2 fully saturated rings. The number of aliphatic imine (C=N–C) groups is 1. The summed E-state index contributed by atoms with van der Waals surface area (Å²) in [6.45, 7) is 0. The van der Waals surface area contributed by atoms with E-state index in [1.807, 2.05) is 0 Å². The Balaban J connectivity index is 1.64. The Labute approximate surface area is 135 Å². The van der Waals surface area contributed by atoms with Crippen molar-refractivity contribution in [1.29, 1.82) is 0 Å². The maximum absolute atomic E-state index is 5.04. The second-order valence-electron chi connectivity index (χ2n) is 7.01. The Bertz CT molecular complexity index is 424. The highest BCUT2D eigenvalue weighted by atomic mass is 15.2. The molecular formula is C19H31N3. The molecule has 0 aromatic heterocycles. The summed E-state index contributed by atoms with van der Waals surface area (Å²) in [5, 5.41) is 7.28. The fraction of sp³-hybridized carbons (Fsp3) is 0.737.